The first-order valence-corrected chi connectivity index (χ1v) is 8.39. The van der Waals surface area contributed by atoms with Crippen molar-refractivity contribution in [3.05, 3.63) is 66.1 Å². The molecule has 3 aromatic heterocycles. The normalized spacial score (nSPS) is 11.0. The van der Waals surface area contributed by atoms with Gasteiger partial charge in [-0.2, -0.15) is 5.10 Å². The van der Waals surface area contributed by atoms with E-state index in [2.05, 4.69) is 25.7 Å². The highest BCUT2D eigenvalue weighted by Crippen LogP contribution is 2.23. The maximum Gasteiger partial charge on any atom is 0.252 e. The van der Waals surface area contributed by atoms with E-state index < -0.39 is 0 Å². The summed E-state index contributed by atoms with van der Waals surface area (Å²) in [6.45, 7) is 2.99. The Bertz CT molecular complexity index is 1070. The molecule has 0 atom stereocenters. The molecule has 26 heavy (non-hydrogen) atoms. The third-order valence-electron chi connectivity index (χ3n) is 4.05. The van der Waals surface area contributed by atoms with Crippen LogP contribution in [0.5, 0.6) is 0 Å². The third-order valence-corrected chi connectivity index (χ3v) is 4.05. The molecule has 4 aromatic rings. The Balaban J connectivity index is 1.49. The molecule has 130 valence electrons. The summed E-state index contributed by atoms with van der Waals surface area (Å²) < 4.78 is 1.85. The number of pyridine rings is 1. The molecular formula is C19H18N6O. The Morgan fingerprint density at radius 3 is 2.88 bits per heavy atom. The Kier molecular flexibility index (Phi) is 4.18. The summed E-state index contributed by atoms with van der Waals surface area (Å²) in [5.74, 6) is 0.642. The number of hydrogen-bond donors (Lipinski definition) is 2. The highest BCUT2D eigenvalue weighted by molar-refractivity contribution is 5.94. The average molecular weight is 346 g/mol. The molecule has 1 amide bonds. The molecule has 0 aliphatic carbocycles. The molecule has 0 saturated heterocycles. The zero-order chi connectivity index (χ0) is 17.9. The highest BCUT2D eigenvalue weighted by Gasteiger charge is 2.10. The van der Waals surface area contributed by atoms with Crippen molar-refractivity contribution in [3.8, 4) is 0 Å². The summed E-state index contributed by atoms with van der Waals surface area (Å²) in [6, 6.07) is 13.4. The van der Waals surface area contributed by atoms with Crippen LogP contribution in [0.4, 0.5) is 5.82 Å². The average Bonchev–Trinajstić information content (AvgIpc) is 3.06. The molecule has 0 unspecified atom stereocenters. The SMILES string of the molecule is Cc1cc2nc(NCCNC(=O)c3cccnc3)c3ccccc3n2n1. The van der Waals surface area contributed by atoms with E-state index in [0.29, 0.717) is 18.7 Å². The minimum absolute atomic E-state index is 0.139. The number of amides is 1. The van der Waals surface area contributed by atoms with Crippen LogP contribution in [-0.4, -0.2) is 38.6 Å². The van der Waals surface area contributed by atoms with Gasteiger partial charge >= 0.3 is 0 Å². The molecule has 0 bridgehead atoms. The van der Waals surface area contributed by atoms with E-state index in [0.717, 1.165) is 28.1 Å². The fourth-order valence-electron chi connectivity index (χ4n) is 2.87. The smallest absolute Gasteiger partial charge is 0.252 e. The standard InChI is InChI=1S/C19H18N6O/c1-13-11-17-23-18(15-6-2-3-7-16(15)25(17)24-13)21-9-10-22-19(26)14-5-4-8-20-12-14/h2-8,11-12H,9-10H2,1H3,(H,21,23)(H,22,26). The van der Waals surface area contributed by atoms with Crippen LogP contribution in [-0.2, 0) is 0 Å². The van der Waals surface area contributed by atoms with Crippen LogP contribution in [0.1, 0.15) is 16.1 Å². The minimum Gasteiger partial charge on any atom is -0.368 e. The van der Waals surface area contributed by atoms with E-state index in [4.69, 9.17) is 0 Å². The molecule has 0 saturated carbocycles. The number of hydrogen-bond acceptors (Lipinski definition) is 5. The van der Waals surface area contributed by atoms with Crippen molar-refractivity contribution in [1.29, 1.82) is 0 Å². The number of carbonyl (C=O) groups is 1. The first-order chi connectivity index (χ1) is 12.7. The number of nitrogens with one attached hydrogen (secondary N) is 2. The first-order valence-electron chi connectivity index (χ1n) is 8.39. The van der Waals surface area contributed by atoms with E-state index in [1.807, 2.05) is 41.8 Å². The highest BCUT2D eigenvalue weighted by atomic mass is 16.1. The fourth-order valence-corrected chi connectivity index (χ4v) is 2.87. The number of anilines is 1. The van der Waals surface area contributed by atoms with E-state index in [1.54, 1.807) is 24.5 Å². The van der Waals surface area contributed by atoms with Crippen LogP contribution in [0, 0.1) is 6.92 Å². The predicted molar refractivity (Wildman–Crippen MR) is 100 cm³/mol. The molecule has 0 spiro atoms. The summed E-state index contributed by atoms with van der Waals surface area (Å²) in [5.41, 5.74) is 3.26. The molecule has 1 aromatic carbocycles. The van der Waals surface area contributed by atoms with Gasteiger partial charge in [0.15, 0.2) is 5.65 Å². The molecule has 0 radical (unpaired) electrons. The van der Waals surface area contributed by atoms with Crippen molar-refractivity contribution >= 4 is 28.3 Å². The molecule has 3 heterocycles. The molecule has 0 fully saturated rings. The van der Waals surface area contributed by atoms with Gasteiger partial charge in [0.2, 0.25) is 0 Å². The summed E-state index contributed by atoms with van der Waals surface area (Å²) >= 11 is 0. The van der Waals surface area contributed by atoms with Gasteiger partial charge in [-0.3, -0.25) is 9.78 Å². The zero-order valence-electron chi connectivity index (χ0n) is 14.3. The van der Waals surface area contributed by atoms with Gasteiger partial charge in [-0.1, -0.05) is 12.1 Å². The lowest BCUT2D eigenvalue weighted by atomic mass is 10.2. The van der Waals surface area contributed by atoms with Crippen molar-refractivity contribution in [3.63, 3.8) is 0 Å². The largest absolute Gasteiger partial charge is 0.368 e. The van der Waals surface area contributed by atoms with E-state index >= 15 is 0 Å². The van der Waals surface area contributed by atoms with Crippen molar-refractivity contribution in [1.82, 2.24) is 24.9 Å². The number of fused-ring (bicyclic) bond motifs is 3. The lowest BCUT2D eigenvalue weighted by Crippen LogP contribution is -2.29. The predicted octanol–water partition coefficient (Wildman–Crippen LogP) is 2.43. The van der Waals surface area contributed by atoms with Crippen LogP contribution in [0.15, 0.2) is 54.9 Å². The molecule has 2 N–H and O–H groups in total. The van der Waals surface area contributed by atoms with E-state index in [-0.39, 0.29) is 5.91 Å². The molecule has 0 aliphatic heterocycles. The van der Waals surface area contributed by atoms with Crippen LogP contribution in [0.25, 0.3) is 16.6 Å². The second kappa shape index (κ2) is 6.79. The van der Waals surface area contributed by atoms with E-state index in [1.165, 1.54) is 0 Å². The number of nitrogens with zero attached hydrogens (tertiary/aromatic N) is 4. The van der Waals surface area contributed by atoms with Crippen molar-refractivity contribution in [2.75, 3.05) is 18.4 Å². The fraction of sp³-hybridized carbons (Fsp3) is 0.158. The number of carbonyl (C=O) groups excluding carboxylic acids is 1. The first kappa shape index (κ1) is 16.0. The summed E-state index contributed by atoms with van der Waals surface area (Å²) in [7, 11) is 0. The second-order valence-electron chi connectivity index (χ2n) is 5.96. The van der Waals surface area contributed by atoms with E-state index in [9.17, 15) is 4.79 Å². The van der Waals surface area contributed by atoms with Crippen LogP contribution in [0.3, 0.4) is 0 Å². The number of aromatic nitrogens is 4. The monoisotopic (exact) mass is 346 g/mol. The van der Waals surface area contributed by atoms with Gasteiger partial charge in [-0.25, -0.2) is 9.50 Å². The Morgan fingerprint density at radius 1 is 1.15 bits per heavy atom. The van der Waals surface area contributed by atoms with Gasteiger partial charge < -0.3 is 10.6 Å². The Morgan fingerprint density at radius 2 is 2.04 bits per heavy atom. The van der Waals surface area contributed by atoms with Gasteiger partial charge in [0.25, 0.3) is 5.91 Å². The topological polar surface area (TPSA) is 84.2 Å². The number of rotatable bonds is 5. The van der Waals surface area contributed by atoms with Gasteiger partial charge in [0, 0.05) is 36.9 Å². The summed E-state index contributed by atoms with van der Waals surface area (Å²) in [6.07, 6.45) is 3.19. The van der Waals surface area contributed by atoms with Crippen molar-refractivity contribution < 1.29 is 4.79 Å². The Labute approximate surface area is 150 Å². The van der Waals surface area contributed by atoms with Crippen LogP contribution < -0.4 is 10.6 Å². The molecule has 0 aliphatic rings. The number of aryl methyl sites for hydroxylation is 1. The van der Waals surface area contributed by atoms with Crippen molar-refractivity contribution in [2.24, 2.45) is 0 Å². The van der Waals surface area contributed by atoms with Crippen LogP contribution in [0.2, 0.25) is 0 Å². The van der Waals surface area contributed by atoms with Crippen LogP contribution >= 0.6 is 0 Å². The maximum absolute atomic E-state index is 12.0. The number of para-hydroxylation sites is 1. The maximum atomic E-state index is 12.0. The minimum atomic E-state index is -0.139. The van der Waals surface area contributed by atoms with Gasteiger partial charge in [-0.05, 0) is 31.2 Å². The molecule has 4 rings (SSSR count). The summed E-state index contributed by atoms with van der Waals surface area (Å²) in [5, 5.41) is 11.7. The van der Waals surface area contributed by atoms with Crippen molar-refractivity contribution in [2.45, 2.75) is 6.92 Å². The van der Waals surface area contributed by atoms with Gasteiger partial charge in [0.1, 0.15) is 5.82 Å². The zero-order valence-corrected chi connectivity index (χ0v) is 14.3. The third kappa shape index (κ3) is 3.06. The lowest BCUT2D eigenvalue weighted by molar-refractivity contribution is 0.0955. The number of benzene rings is 1. The summed E-state index contributed by atoms with van der Waals surface area (Å²) in [4.78, 5) is 20.7. The van der Waals surface area contributed by atoms with Gasteiger partial charge in [-0.15, -0.1) is 0 Å². The molecular weight excluding hydrogens is 328 g/mol. The second-order valence-corrected chi connectivity index (χ2v) is 5.96. The Hall–Kier alpha value is -3.48. The molecule has 7 nitrogen and oxygen atoms in total. The molecule has 7 heteroatoms. The lowest BCUT2D eigenvalue weighted by Gasteiger charge is -2.11. The quantitative estimate of drug-likeness (QED) is 0.542. The van der Waals surface area contributed by atoms with Gasteiger partial charge in [0.05, 0.1) is 16.8 Å².